The predicted octanol–water partition coefficient (Wildman–Crippen LogP) is 2.97. The van der Waals surface area contributed by atoms with Crippen LogP contribution in [-0.2, 0) is 9.84 Å². The van der Waals surface area contributed by atoms with Crippen LogP contribution in [-0.4, -0.2) is 32.0 Å². The van der Waals surface area contributed by atoms with E-state index in [2.05, 4.69) is 15.9 Å². The van der Waals surface area contributed by atoms with E-state index in [1.165, 1.54) is 0 Å². The van der Waals surface area contributed by atoms with Crippen molar-refractivity contribution in [3.8, 4) is 5.75 Å². The Morgan fingerprint density at radius 1 is 1.09 bits per heavy atom. The monoisotopic (exact) mass is 384 g/mol. The number of halogens is 1. The Bertz CT molecular complexity index is 709. The van der Waals surface area contributed by atoms with Gasteiger partial charge in [-0.15, -0.1) is 0 Å². The summed E-state index contributed by atoms with van der Waals surface area (Å²) in [5.41, 5.74) is 0.984. The lowest BCUT2D eigenvalue weighted by Gasteiger charge is -2.13. The molecule has 0 unspecified atom stereocenters. The third kappa shape index (κ3) is 4.83. The van der Waals surface area contributed by atoms with Crippen LogP contribution in [0.1, 0.15) is 5.56 Å². The molecule has 0 radical (unpaired) electrons. The van der Waals surface area contributed by atoms with E-state index in [0.717, 1.165) is 10.0 Å². The summed E-state index contributed by atoms with van der Waals surface area (Å²) in [6.07, 6.45) is -1.09. The first-order valence-electron chi connectivity index (χ1n) is 6.73. The van der Waals surface area contributed by atoms with Gasteiger partial charge in [0.1, 0.15) is 18.5 Å². The number of aryl methyl sites for hydroxylation is 1. The second-order valence-electron chi connectivity index (χ2n) is 5.01. The number of hydrogen-bond donors (Lipinski definition) is 1. The normalized spacial score (nSPS) is 12.9. The molecule has 0 bridgehead atoms. The molecule has 0 heterocycles. The largest absolute Gasteiger partial charge is 0.491 e. The number of hydrogen-bond acceptors (Lipinski definition) is 4. The lowest BCUT2D eigenvalue weighted by molar-refractivity contribution is 0.125. The molecule has 0 fully saturated rings. The second-order valence-corrected chi connectivity index (χ2v) is 7.96. The molecule has 0 aromatic heterocycles. The van der Waals surface area contributed by atoms with E-state index in [4.69, 9.17) is 4.74 Å². The minimum Gasteiger partial charge on any atom is -0.491 e. The molecular formula is C16H17BrO4S. The Morgan fingerprint density at radius 2 is 1.68 bits per heavy atom. The lowest BCUT2D eigenvalue weighted by Crippen LogP contribution is -2.27. The highest BCUT2D eigenvalue weighted by Crippen LogP contribution is 2.17. The number of aliphatic hydroxyl groups excluding tert-OH is 1. The molecule has 2 rings (SSSR count). The summed E-state index contributed by atoms with van der Waals surface area (Å²) in [7, 11) is -3.52. The Hall–Kier alpha value is -1.37. The molecule has 2 aromatic carbocycles. The van der Waals surface area contributed by atoms with Gasteiger partial charge in [-0.2, -0.15) is 0 Å². The Labute approximate surface area is 138 Å². The molecular weight excluding hydrogens is 368 g/mol. The minimum absolute atomic E-state index is 0.0767. The molecule has 2 aromatic rings. The molecule has 4 nitrogen and oxygen atoms in total. The zero-order valence-electron chi connectivity index (χ0n) is 12.1. The van der Waals surface area contributed by atoms with Gasteiger partial charge in [0.05, 0.1) is 10.6 Å². The molecule has 6 heteroatoms. The SMILES string of the molecule is Cc1ccc(S(=O)(=O)C[C@@H](O)COc2ccc(Br)cc2)cc1. The zero-order valence-corrected chi connectivity index (χ0v) is 14.5. The lowest BCUT2D eigenvalue weighted by atomic mass is 10.2. The van der Waals surface area contributed by atoms with Crippen molar-refractivity contribution in [1.82, 2.24) is 0 Å². The van der Waals surface area contributed by atoms with E-state index in [-0.39, 0.29) is 17.3 Å². The van der Waals surface area contributed by atoms with Crippen LogP contribution in [0, 0.1) is 6.92 Å². The van der Waals surface area contributed by atoms with E-state index in [1.54, 1.807) is 36.4 Å². The minimum atomic E-state index is -3.52. The van der Waals surface area contributed by atoms with Crippen molar-refractivity contribution in [2.24, 2.45) is 0 Å². The van der Waals surface area contributed by atoms with E-state index in [0.29, 0.717) is 5.75 Å². The number of ether oxygens (including phenoxy) is 1. The highest BCUT2D eigenvalue weighted by Gasteiger charge is 2.20. The van der Waals surface area contributed by atoms with Crippen LogP contribution in [0.5, 0.6) is 5.75 Å². The molecule has 22 heavy (non-hydrogen) atoms. The van der Waals surface area contributed by atoms with Gasteiger partial charge in [0.2, 0.25) is 0 Å². The standard InChI is InChI=1S/C16H17BrO4S/c1-12-2-8-16(9-3-12)22(19,20)11-14(18)10-21-15-6-4-13(17)5-7-15/h2-9,14,18H,10-11H2,1H3/t14-/m0/s1. The van der Waals surface area contributed by atoms with Crippen LogP contribution in [0.15, 0.2) is 57.9 Å². The highest BCUT2D eigenvalue weighted by molar-refractivity contribution is 9.10. The van der Waals surface area contributed by atoms with Gasteiger partial charge in [-0.1, -0.05) is 33.6 Å². The fraction of sp³-hybridized carbons (Fsp3) is 0.250. The van der Waals surface area contributed by atoms with Crippen molar-refractivity contribution in [2.75, 3.05) is 12.4 Å². The van der Waals surface area contributed by atoms with Gasteiger partial charge in [-0.3, -0.25) is 0 Å². The molecule has 0 aliphatic heterocycles. The van der Waals surface area contributed by atoms with Crippen LogP contribution in [0.25, 0.3) is 0 Å². The predicted molar refractivity (Wildman–Crippen MR) is 88.9 cm³/mol. The summed E-state index contributed by atoms with van der Waals surface area (Å²) < 4.78 is 30.7. The fourth-order valence-electron chi connectivity index (χ4n) is 1.87. The highest BCUT2D eigenvalue weighted by atomic mass is 79.9. The van der Waals surface area contributed by atoms with Gasteiger partial charge in [0, 0.05) is 4.47 Å². The first-order valence-corrected chi connectivity index (χ1v) is 9.17. The molecule has 1 atom stereocenters. The molecule has 0 saturated carbocycles. The van der Waals surface area contributed by atoms with Gasteiger partial charge >= 0.3 is 0 Å². The van der Waals surface area contributed by atoms with Crippen molar-refractivity contribution < 1.29 is 18.3 Å². The van der Waals surface area contributed by atoms with Crippen molar-refractivity contribution in [3.63, 3.8) is 0 Å². The second kappa shape index (κ2) is 7.26. The maximum atomic E-state index is 12.2. The summed E-state index contributed by atoms with van der Waals surface area (Å²) in [4.78, 5) is 0.209. The number of sulfone groups is 1. The first kappa shape index (κ1) is 17.0. The van der Waals surface area contributed by atoms with E-state index in [1.807, 2.05) is 19.1 Å². The molecule has 0 spiro atoms. The summed E-state index contributed by atoms with van der Waals surface area (Å²) in [6.45, 7) is 1.81. The number of rotatable bonds is 6. The molecule has 0 saturated heterocycles. The zero-order chi connectivity index (χ0) is 16.2. The molecule has 118 valence electrons. The maximum absolute atomic E-state index is 12.2. The number of aliphatic hydroxyl groups is 1. The third-order valence-corrected chi connectivity index (χ3v) is 5.39. The molecule has 1 N–H and O–H groups in total. The summed E-state index contributed by atoms with van der Waals surface area (Å²) in [6, 6.07) is 13.7. The van der Waals surface area contributed by atoms with Crippen LogP contribution in [0.3, 0.4) is 0 Å². The first-order chi connectivity index (χ1) is 10.4. The van der Waals surface area contributed by atoms with Crippen LogP contribution in [0.4, 0.5) is 0 Å². The van der Waals surface area contributed by atoms with Crippen molar-refractivity contribution >= 4 is 25.8 Å². The Balaban J connectivity index is 1.94. The Morgan fingerprint density at radius 3 is 2.27 bits per heavy atom. The maximum Gasteiger partial charge on any atom is 0.181 e. The van der Waals surface area contributed by atoms with Crippen molar-refractivity contribution in [2.45, 2.75) is 17.9 Å². The van der Waals surface area contributed by atoms with E-state index in [9.17, 15) is 13.5 Å². The summed E-state index contributed by atoms with van der Waals surface area (Å²) in [5, 5.41) is 9.90. The van der Waals surface area contributed by atoms with Gasteiger partial charge in [-0.05, 0) is 43.3 Å². The topological polar surface area (TPSA) is 63.6 Å². The van der Waals surface area contributed by atoms with Crippen LogP contribution in [0.2, 0.25) is 0 Å². The van der Waals surface area contributed by atoms with Gasteiger partial charge < -0.3 is 9.84 Å². The fourth-order valence-corrected chi connectivity index (χ4v) is 3.48. The van der Waals surface area contributed by atoms with Gasteiger partial charge in [0.15, 0.2) is 9.84 Å². The van der Waals surface area contributed by atoms with Crippen LogP contribution >= 0.6 is 15.9 Å². The average molecular weight is 385 g/mol. The van der Waals surface area contributed by atoms with Crippen molar-refractivity contribution in [3.05, 3.63) is 58.6 Å². The number of benzene rings is 2. The van der Waals surface area contributed by atoms with Gasteiger partial charge in [0.25, 0.3) is 0 Å². The van der Waals surface area contributed by atoms with Crippen LogP contribution < -0.4 is 4.74 Å². The van der Waals surface area contributed by atoms with E-state index >= 15 is 0 Å². The average Bonchev–Trinajstić information content (AvgIpc) is 2.46. The summed E-state index contributed by atoms with van der Waals surface area (Å²) >= 11 is 3.31. The Kier molecular flexibility index (Phi) is 5.61. The smallest absolute Gasteiger partial charge is 0.181 e. The van der Waals surface area contributed by atoms with Gasteiger partial charge in [-0.25, -0.2) is 8.42 Å². The quantitative estimate of drug-likeness (QED) is 0.831. The third-order valence-electron chi connectivity index (χ3n) is 3.05. The molecule has 0 amide bonds. The molecule has 0 aliphatic rings. The van der Waals surface area contributed by atoms with E-state index < -0.39 is 15.9 Å². The van der Waals surface area contributed by atoms with Crippen molar-refractivity contribution in [1.29, 1.82) is 0 Å². The molecule has 0 aliphatic carbocycles. The summed E-state index contributed by atoms with van der Waals surface area (Å²) in [5.74, 6) is 0.210.